The van der Waals surface area contributed by atoms with Crippen molar-refractivity contribution < 1.29 is 18.8 Å². The second kappa shape index (κ2) is 4.83. The van der Waals surface area contributed by atoms with Crippen molar-refractivity contribution in [2.24, 2.45) is 5.73 Å². The van der Waals surface area contributed by atoms with Crippen LogP contribution in [0.15, 0.2) is 11.5 Å². The minimum atomic E-state index is -0.722. The highest BCUT2D eigenvalue weighted by Crippen LogP contribution is 2.40. The fraction of sp³-hybridized carbons (Fsp3) is 0.769. The van der Waals surface area contributed by atoms with Gasteiger partial charge in [-0.3, -0.25) is 0 Å². The van der Waals surface area contributed by atoms with Crippen molar-refractivity contribution in [1.29, 1.82) is 0 Å². The van der Waals surface area contributed by atoms with Gasteiger partial charge in [0.25, 0.3) is 0 Å². The molecule has 1 aliphatic heterocycles. The predicted molar refractivity (Wildman–Crippen MR) is 72.5 cm³/mol. The summed E-state index contributed by atoms with van der Waals surface area (Å²) in [5.41, 5.74) is 5.40. The maximum absolute atomic E-state index is 10.8. The maximum atomic E-state index is 10.8. The molecule has 6 heteroatoms. The third-order valence-electron chi connectivity index (χ3n) is 4.20. The van der Waals surface area contributed by atoms with Crippen molar-refractivity contribution in [1.82, 2.24) is 0 Å². The van der Waals surface area contributed by atoms with Crippen LogP contribution in [0.1, 0.15) is 47.0 Å². The van der Waals surface area contributed by atoms with E-state index in [0.717, 1.165) is 18.3 Å². The van der Waals surface area contributed by atoms with Gasteiger partial charge in [0.2, 0.25) is 0 Å². The second-order valence-corrected chi connectivity index (χ2v) is 6.21. The van der Waals surface area contributed by atoms with E-state index in [4.69, 9.17) is 19.8 Å². The molecule has 0 saturated carbocycles. The molecule has 106 valence electrons. The Morgan fingerprint density at radius 3 is 2.47 bits per heavy atom. The Kier molecular flexibility index (Phi) is 3.66. The van der Waals surface area contributed by atoms with Gasteiger partial charge in [0.05, 0.1) is 11.2 Å². The summed E-state index contributed by atoms with van der Waals surface area (Å²) in [5.74, 6) is 0. The molecular weight excluding hydrogens is 245 g/mol. The summed E-state index contributed by atoms with van der Waals surface area (Å²) in [6, 6.07) is 0. The molecule has 2 rings (SSSR count). The van der Waals surface area contributed by atoms with Gasteiger partial charge in [-0.1, -0.05) is 6.08 Å². The van der Waals surface area contributed by atoms with Crippen molar-refractivity contribution >= 4 is 13.2 Å². The van der Waals surface area contributed by atoms with E-state index in [0.29, 0.717) is 6.42 Å². The van der Waals surface area contributed by atoms with Gasteiger partial charge in [0.15, 0.2) is 0 Å². The molecule has 1 unspecified atom stereocenters. The lowest BCUT2D eigenvalue weighted by Gasteiger charge is -2.32. The third kappa shape index (κ3) is 2.95. The minimum absolute atomic E-state index is 0.170. The van der Waals surface area contributed by atoms with Crippen LogP contribution in [0.3, 0.4) is 0 Å². The Bertz CT molecular complexity index is 389. The number of primary amides is 1. The average Bonchev–Trinajstić information content (AvgIpc) is 2.47. The first kappa shape index (κ1) is 14.4. The predicted octanol–water partition coefficient (Wildman–Crippen LogP) is 2.19. The number of carbonyl (C=O) groups is 1. The standard InChI is InChI=1S/C13H22BNO4/c1-12(2)13(3,4)19-14(18-12)9-6-5-7-10(8-9)17-11(15)16/h6,10H,5,7-8H2,1-4H3,(H2,15,16). The Morgan fingerprint density at radius 2 is 1.95 bits per heavy atom. The summed E-state index contributed by atoms with van der Waals surface area (Å²) in [5, 5.41) is 0. The quantitative estimate of drug-likeness (QED) is 0.778. The average molecular weight is 267 g/mol. The summed E-state index contributed by atoms with van der Waals surface area (Å²) < 4.78 is 17.1. The number of ether oxygens (including phenoxy) is 1. The number of amides is 1. The Labute approximate surface area is 114 Å². The molecule has 0 aromatic heterocycles. The number of carbonyl (C=O) groups excluding carboxylic acids is 1. The maximum Gasteiger partial charge on any atom is 0.490 e. The van der Waals surface area contributed by atoms with Crippen LogP contribution < -0.4 is 5.73 Å². The lowest BCUT2D eigenvalue weighted by Crippen LogP contribution is -2.41. The van der Waals surface area contributed by atoms with Gasteiger partial charge >= 0.3 is 13.2 Å². The summed E-state index contributed by atoms with van der Waals surface area (Å²) in [6.45, 7) is 8.09. The first-order valence-electron chi connectivity index (χ1n) is 6.72. The SMILES string of the molecule is CC1(C)OB(C2=CCCC(OC(N)=O)C2)OC1(C)C. The lowest BCUT2D eigenvalue weighted by molar-refractivity contribution is 0.00578. The third-order valence-corrected chi connectivity index (χ3v) is 4.20. The number of hydrogen-bond donors (Lipinski definition) is 1. The molecule has 0 aromatic rings. The normalized spacial score (nSPS) is 28.9. The van der Waals surface area contributed by atoms with Gasteiger partial charge in [-0.2, -0.15) is 0 Å². The Hall–Kier alpha value is -1.01. The van der Waals surface area contributed by atoms with E-state index in [9.17, 15) is 4.79 Å². The summed E-state index contributed by atoms with van der Waals surface area (Å²) >= 11 is 0. The summed E-state index contributed by atoms with van der Waals surface area (Å²) in [6.07, 6.45) is 3.49. The monoisotopic (exact) mass is 267 g/mol. The molecule has 1 aliphatic carbocycles. The fourth-order valence-corrected chi connectivity index (χ4v) is 2.35. The van der Waals surface area contributed by atoms with Gasteiger partial charge in [-0.25, -0.2) is 4.79 Å². The zero-order valence-electron chi connectivity index (χ0n) is 12.1. The van der Waals surface area contributed by atoms with Crippen LogP contribution in [0.2, 0.25) is 0 Å². The van der Waals surface area contributed by atoms with Crippen LogP contribution in [-0.4, -0.2) is 30.5 Å². The molecular formula is C13H22BNO4. The highest BCUT2D eigenvalue weighted by molar-refractivity contribution is 6.54. The highest BCUT2D eigenvalue weighted by atomic mass is 16.7. The zero-order chi connectivity index (χ0) is 14.3. The molecule has 1 atom stereocenters. The second-order valence-electron chi connectivity index (χ2n) is 6.21. The van der Waals surface area contributed by atoms with Gasteiger partial charge in [-0.15, -0.1) is 0 Å². The van der Waals surface area contributed by atoms with E-state index in [2.05, 4.69) is 6.08 Å². The molecule has 0 radical (unpaired) electrons. The van der Waals surface area contributed by atoms with Crippen molar-refractivity contribution in [3.8, 4) is 0 Å². The fourth-order valence-electron chi connectivity index (χ4n) is 2.35. The van der Waals surface area contributed by atoms with Gasteiger partial charge in [-0.05, 0) is 46.0 Å². The molecule has 5 nitrogen and oxygen atoms in total. The molecule has 1 heterocycles. The molecule has 1 amide bonds. The van der Waals surface area contributed by atoms with E-state index in [1.807, 2.05) is 27.7 Å². The molecule has 1 saturated heterocycles. The van der Waals surface area contributed by atoms with Gasteiger partial charge < -0.3 is 19.8 Å². The molecule has 0 spiro atoms. The van der Waals surface area contributed by atoms with Crippen LogP contribution >= 0.6 is 0 Å². The largest absolute Gasteiger partial charge is 0.490 e. The Morgan fingerprint density at radius 1 is 1.37 bits per heavy atom. The molecule has 1 fully saturated rings. The van der Waals surface area contributed by atoms with Crippen LogP contribution in [-0.2, 0) is 14.0 Å². The van der Waals surface area contributed by atoms with E-state index in [1.54, 1.807) is 0 Å². The van der Waals surface area contributed by atoms with Crippen LogP contribution in [0, 0.1) is 0 Å². The minimum Gasteiger partial charge on any atom is -0.446 e. The summed E-state index contributed by atoms with van der Waals surface area (Å²) in [4.78, 5) is 10.8. The van der Waals surface area contributed by atoms with E-state index < -0.39 is 6.09 Å². The first-order valence-corrected chi connectivity index (χ1v) is 6.72. The van der Waals surface area contributed by atoms with Crippen LogP contribution in [0.5, 0.6) is 0 Å². The highest BCUT2D eigenvalue weighted by Gasteiger charge is 2.52. The molecule has 2 aliphatic rings. The topological polar surface area (TPSA) is 70.8 Å². The number of rotatable bonds is 2. The number of nitrogens with two attached hydrogens (primary N) is 1. The van der Waals surface area contributed by atoms with Crippen molar-refractivity contribution in [3.05, 3.63) is 11.5 Å². The number of allylic oxidation sites excluding steroid dienone is 1. The van der Waals surface area contributed by atoms with Crippen LogP contribution in [0.25, 0.3) is 0 Å². The number of hydrogen-bond acceptors (Lipinski definition) is 4. The van der Waals surface area contributed by atoms with Gasteiger partial charge in [0.1, 0.15) is 6.10 Å². The van der Waals surface area contributed by atoms with Crippen LogP contribution in [0.4, 0.5) is 4.79 Å². The van der Waals surface area contributed by atoms with E-state index in [1.165, 1.54) is 0 Å². The summed E-state index contributed by atoms with van der Waals surface area (Å²) in [7, 11) is -0.357. The lowest BCUT2D eigenvalue weighted by atomic mass is 9.72. The molecule has 0 bridgehead atoms. The zero-order valence-corrected chi connectivity index (χ0v) is 12.1. The van der Waals surface area contributed by atoms with Crippen molar-refractivity contribution in [2.45, 2.75) is 64.3 Å². The van der Waals surface area contributed by atoms with E-state index >= 15 is 0 Å². The molecule has 2 N–H and O–H groups in total. The van der Waals surface area contributed by atoms with E-state index in [-0.39, 0.29) is 24.4 Å². The van der Waals surface area contributed by atoms with Crippen molar-refractivity contribution in [2.75, 3.05) is 0 Å². The van der Waals surface area contributed by atoms with Gasteiger partial charge in [0, 0.05) is 6.42 Å². The molecule has 0 aromatic carbocycles. The Balaban J connectivity index is 2.04. The first-order chi connectivity index (χ1) is 8.71. The van der Waals surface area contributed by atoms with Crippen molar-refractivity contribution in [3.63, 3.8) is 0 Å². The molecule has 19 heavy (non-hydrogen) atoms. The smallest absolute Gasteiger partial charge is 0.446 e.